The number of hydrogen-bond donors (Lipinski definition) is 0. The minimum atomic E-state index is 0.551. The van der Waals surface area contributed by atoms with Crippen molar-refractivity contribution in [2.45, 2.75) is 12.8 Å². The number of aryl methyl sites for hydroxylation is 1. The Balaban J connectivity index is 2.53. The molecule has 2 rings (SSSR count). The number of aromatic nitrogens is 1. The molecule has 0 saturated heterocycles. The van der Waals surface area contributed by atoms with E-state index in [0.29, 0.717) is 5.88 Å². The largest absolute Gasteiger partial charge is 0.324 e. The lowest BCUT2D eigenvalue weighted by molar-refractivity contribution is 1.05. The first-order valence-electron chi connectivity index (χ1n) is 4.60. The highest BCUT2D eigenvalue weighted by Gasteiger charge is 2.02. The first-order chi connectivity index (χ1) is 6.81. The Hall–Kier alpha value is -1.21. The zero-order chi connectivity index (χ0) is 9.97. The molecule has 0 spiro atoms. The summed E-state index contributed by atoms with van der Waals surface area (Å²) >= 11 is 5.91. The van der Waals surface area contributed by atoms with Gasteiger partial charge in [0.2, 0.25) is 0 Å². The maximum absolute atomic E-state index is 5.91. The van der Waals surface area contributed by atoms with Gasteiger partial charge in [0.1, 0.15) is 0 Å². The van der Waals surface area contributed by atoms with Gasteiger partial charge in [-0.05, 0) is 30.7 Å². The zero-order valence-electron chi connectivity index (χ0n) is 8.07. The quantitative estimate of drug-likeness (QED) is 0.662. The highest BCUT2D eigenvalue weighted by molar-refractivity contribution is 6.17. The smallest absolute Gasteiger partial charge is 0.0494 e. The second kappa shape index (κ2) is 3.89. The summed E-state index contributed by atoms with van der Waals surface area (Å²) in [5.74, 6) is 0.551. The van der Waals surface area contributed by atoms with Crippen molar-refractivity contribution < 1.29 is 0 Å². The van der Waals surface area contributed by atoms with Gasteiger partial charge in [0.15, 0.2) is 0 Å². The predicted molar refractivity (Wildman–Crippen MR) is 60.1 cm³/mol. The average Bonchev–Trinajstić information content (AvgIpc) is 2.70. The lowest BCUT2D eigenvalue weighted by Gasteiger charge is -2.09. The third-order valence-corrected chi connectivity index (χ3v) is 2.55. The Morgan fingerprint density at radius 2 is 1.93 bits per heavy atom. The topological polar surface area (TPSA) is 4.93 Å². The molecule has 72 valence electrons. The summed E-state index contributed by atoms with van der Waals surface area (Å²) in [6, 6.07) is 10.4. The van der Waals surface area contributed by atoms with Gasteiger partial charge in [0.25, 0.3) is 0 Å². The summed E-state index contributed by atoms with van der Waals surface area (Å²) < 4.78 is 2.08. The SMILES string of the molecule is Cc1ccc(-n2cccc2)c(CCl)c1. The molecule has 2 heteroatoms. The molecule has 0 N–H and O–H groups in total. The number of alkyl halides is 1. The van der Waals surface area contributed by atoms with Crippen molar-refractivity contribution in [1.29, 1.82) is 0 Å². The van der Waals surface area contributed by atoms with E-state index in [1.807, 2.05) is 24.5 Å². The van der Waals surface area contributed by atoms with Crippen LogP contribution in [0.5, 0.6) is 0 Å². The van der Waals surface area contributed by atoms with E-state index in [1.54, 1.807) is 0 Å². The molecule has 2 aromatic rings. The molecule has 1 heterocycles. The minimum Gasteiger partial charge on any atom is -0.324 e. The van der Waals surface area contributed by atoms with Crippen LogP contribution in [0.25, 0.3) is 5.69 Å². The van der Waals surface area contributed by atoms with Gasteiger partial charge in [-0.2, -0.15) is 0 Å². The van der Waals surface area contributed by atoms with Crippen LogP contribution in [-0.4, -0.2) is 4.57 Å². The van der Waals surface area contributed by atoms with Gasteiger partial charge in [-0.3, -0.25) is 0 Å². The highest BCUT2D eigenvalue weighted by Crippen LogP contribution is 2.18. The lowest BCUT2D eigenvalue weighted by atomic mass is 10.1. The molecule has 0 saturated carbocycles. The summed E-state index contributed by atoms with van der Waals surface area (Å²) in [5.41, 5.74) is 3.58. The van der Waals surface area contributed by atoms with Crippen LogP contribution in [0.4, 0.5) is 0 Å². The van der Waals surface area contributed by atoms with Gasteiger partial charge >= 0.3 is 0 Å². The molecular formula is C12H12ClN. The molecule has 0 aliphatic heterocycles. The Morgan fingerprint density at radius 1 is 1.21 bits per heavy atom. The van der Waals surface area contributed by atoms with Gasteiger partial charge in [0, 0.05) is 24.0 Å². The summed E-state index contributed by atoms with van der Waals surface area (Å²) in [7, 11) is 0. The van der Waals surface area contributed by atoms with Crippen LogP contribution in [0.2, 0.25) is 0 Å². The van der Waals surface area contributed by atoms with E-state index in [4.69, 9.17) is 11.6 Å². The van der Waals surface area contributed by atoms with Gasteiger partial charge in [-0.1, -0.05) is 17.7 Å². The van der Waals surface area contributed by atoms with E-state index in [1.165, 1.54) is 11.1 Å². The number of hydrogen-bond acceptors (Lipinski definition) is 0. The fourth-order valence-corrected chi connectivity index (χ4v) is 1.78. The van der Waals surface area contributed by atoms with Gasteiger partial charge < -0.3 is 4.57 Å². The van der Waals surface area contributed by atoms with E-state index >= 15 is 0 Å². The minimum absolute atomic E-state index is 0.551. The van der Waals surface area contributed by atoms with Crippen molar-refractivity contribution in [2.75, 3.05) is 0 Å². The molecule has 1 aromatic carbocycles. The molecule has 0 aliphatic rings. The predicted octanol–water partition coefficient (Wildman–Crippen LogP) is 3.52. The highest BCUT2D eigenvalue weighted by atomic mass is 35.5. The van der Waals surface area contributed by atoms with E-state index in [2.05, 4.69) is 29.7 Å². The van der Waals surface area contributed by atoms with Gasteiger partial charge in [0.05, 0.1) is 0 Å². The van der Waals surface area contributed by atoms with Crippen molar-refractivity contribution in [3.8, 4) is 5.69 Å². The van der Waals surface area contributed by atoms with Gasteiger partial charge in [-0.25, -0.2) is 0 Å². The molecule has 0 unspecified atom stereocenters. The maximum atomic E-state index is 5.91. The molecule has 0 radical (unpaired) electrons. The average molecular weight is 206 g/mol. The summed E-state index contributed by atoms with van der Waals surface area (Å²) in [6.45, 7) is 2.08. The Labute approximate surface area is 88.9 Å². The van der Waals surface area contributed by atoms with Crippen molar-refractivity contribution in [2.24, 2.45) is 0 Å². The van der Waals surface area contributed by atoms with Gasteiger partial charge in [-0.15, -0.1) is 11.6 Å². The first kappa shape index (κ1) is 9.35. The van der Waals surface area contributed by atoms with Crippen LogP contribution in [0.3, 0.4) is 0 Å². The second-order valence-electron chi connectivity index (χ2n) is 3.36. The number of halogens is 1. The monoisotopic (exact) mass is 205 g/mol. The van der Waals surface area contributed by atoms with Crippen LogP contribution >= 0.6 is 11.6 Å². The Morgan fingerprint density at radius 3 is 2.57 bits per heavy atom. The molecule has 0 amide bonds. The maximum Gasteiger partial charge on any atom is 0.0494 e. The molecular weight excluding hydrogens is 194 g/mol. The fourth-order valence-electron chi connectivity index (χ4n) is 1.57. The Kier molecular flexibility index (Phi) is 2.60. The molecule has 14 heavy (non-hydrogen) atoms. The van der Waals surface area contributed by atoms with Crippen molar-refractivity contribution in [3.63, 3.8) is 0 Å². The van der Waals surface area contributed by atoms with Crippen molar-refractivity contribution in [3.05, 3.63) is 53.9 Å². The van der Waals surface area contributed by atoms with Crippen LogP contribution in [0.15, 0.2) is 42.7 Å². The van der Waals surface area contributed by atoms with Crippen LogP contribution in [0, 0.1) is 6.92 Å². The molecule has 0 bridgehead atoms. The normalized spacial score (nSPS) is 10.4. The number of benzene rings is 1. The standard InChI is InChI=1S/C12H12ClN/c1-10-4-5-12(11(8-10)9-13)14-6-2-3-7-14/h2-8H,9H2,1H3. The van der Waals surface area contributed by atoms with E-state index in [-0.39, 0.29) is 0 Å². The number of nitrogens with zero attached hydrogens (tertiary/aromatic N) is 1. The third-order valence-electron chi connectivity index (χ3n) is 2.26. The van der Waals surface area contributed by atoms with Crippen molar-refractivity contribution in [1.82, 2.24) is 4.57 Å². The lowest BCUT2D eigenvalue weighted by Crippen LogP contribution is -1.95. The summed E-state index contributed by atoms with van der Waals surface area (Å²) in [5, 5.41) is 0. The fraction of sp³-hybridized carbons (Fsp3) is 0.167. The summed E-state index contributed by atoms with van der Waals surface area (Å²) in [6.07, 6.45) is 4.06. The molecule has 1 aromatic heterocycles. The molecule has 0 fully saturated rings. The first-order valence-corrected chi connectivity index (χ1v) is 5.13. The summed E-state index contributed by atoms with van der Waals surface area (Å²) in [4.78, 5) is 0. The van der Waals surface area contributed by atoms with Crippen molar-refractivity contribution >= 4 is 11.6 Å². The zero-order valence-corrected chi connectivity index (χ0v) is 8.83. The number of rotatable bonds is 2. The van der Waals surface area contributed by atoms with E-state index in [0.717, 1.165) is 5.69 Å². The molecule has 0 aliphatic carbocycles. The van der Waals surface area contributed by atoms with Crippen LogP contribution < -0.4 is 0 Å². The van der Waals surface area contributed by atoms with Crippen LogP contribution in [0.1, 0.15) is 11.1 Å². The molecule has 1 nitrogen and oxygen atoms in total. The van der Waals surface area contributed by atoms with Crippen LogP contribution in [-0.2, 0) is 5.88 Å². The Bertz CT molecular complexity index is 418. The van der Waals surface area contributed by atoms with E-state index in [9.17, 15) is 0 Å². The second-order valence-corrected chi connectivity index (χ2v) is 3.62. The third kappa shape index (κ3) is 1.68. The van der Waals surface area contributed by atoms with E-state index < -0.39 is 0 Å². The molecule has 0 atom stereocenters.